The molecule has 4 nitrogen and oxygen atoms in total. The average molecular weight is 485 g/mol. The number of rotatable bonds is 8. The van der Waals surface area contributed by atoms with Crippen molar-refractivity contribution in [3.63, 3.8) is 0 Å². The largest absolute Gasteiger partial charge is 0.388 e. The highest BCUT2D eigenvalue weighted by molar-refractivity contribution is 5.78. The second-order valence-electron chi connectivity index (χ2n) is 10.8. The molecule has 0 spiro atoms. The van der Waals surface area contributed by atoms with Gasteiger partial charge in [-0.15, -0.1) is 0 Å². The van der Waals surface area contributed by atoms with Crippen LogP contribution in [0.4, 0.5) is 0 Å². The quantitative estimate of drug-likeness (QED) is 0.495. The van der Waals surface area contributed by atoms with Gasteiger partial charge in [-0.25, -0.2) is 0 Å². The number of carbonyl (C=O) groups excluding carboxylic acids is 1. The topological polar surface area (TPSA) is 52.6 Å². The minimum Gasteiger partial charge on any atom is -0.388 e. The molecule has 0 radical (unpaired) electrons. The van der Waals surface area contributed by atoms with E-state index in [0.29, 0.717) is 24.8 Å². The van der Waals surface area contributed by atoms with Gasteiger partial charge in [-0.1, -0.05) is 72.3 Å². The Morgan fingerprint density at radius 3 is 2.64 bits per heavy atom. The molecule has 2 aliphatic carbocycles. The lowest BCUT2D eigenvalue weighted by Crippen LogP contribution is -2.35. The van der Waals surface area contributed by atoms with Crippen molar-refractivity contribution in [1.29, 1.82) is 0 Å². The zero-order valence-corrected chi connectivity index (χ0v) is 21.4. The summed E-state index contributed by atoms with van der Waals surface area (Å²) in [5.41, 5.74) is 6.13. The van der Waals surface area contributed by atoms with E-state index in [0.717, 1.165) is 62.9 Å². The zero-order chi connectivity index (χ0) is 24.7. The third-order valence-electron chi connectivity index (χ3n) is 8.41. The van der Waals surface area contributed by atoms with Crippen molar-refractivity contribution in [2.45, 2.75) is 69.9 Å². The predicted octanol–water partition coefficient (Wildman–Crippen LogP) is 5.83. The minimum atomic E-state index is -0.384. The van der Waals surface area contributed by atoms with E-state index in [1.807, 2.05) is 6.08 Å². The van der Waals surface area contributed by atoms with Gasteiger partial charge in [0.1, 0.15) is 0 Å². The molecule has 5 rings (SSSR count). The van der Waals surface area contributed by atoms with Crippen molar-refractivity contribution in [1.82, 2.24) is 10.2 Å². The van der Waals surface area contributed by atoms with Gasteiger partial charge in [0.05, 0.1) is 6.10 Å². The SMILES string of the molecule is O=C(CC1=CC=CCC1)NCc1ccc2c(c1)CCC(CCN1CCC(c3ccccc3)CC1)C2O. The Balaban J connectivity index is 1.08. The standard InChI is InChI=1S/C32H40N2O2/c35-31(22-24-7-3-1-4-8-24)33-23-25-11-14-30-29(21-25)13-12-28(32(30)36)17-20-34-18-15-27(16-19-34)26-9-5-2-6-10-26/h1-3,5-7,9-11,14,21,27-28,32,36H,4,8,12-13,15-20,22-23H2,(H,33,35). The molecule has 0 aromatic heterocycles. The van der Waals surface area contributed by atoms with Gasteiger partial charge in [-0.05, 0) is 98.7 Å². The molecule has 0 saturated carbocycles. The third kappa shape index (κ3) is 6.35. The number of piperidine rings is 1. The van der Waals surface area contributed by atoms with Crippen LogP contribution in [0.3, 0.4) is 0 Å². The molecule has 1 fully saturated rings. The maximum absolute atomic E-state index is 12.3. The normalized spacial score (nSPS) is 22.6. The summed E-state index contributed by atoms with van der Waals surface area (Å²) in [5.74, 6) is 1.10. The lowest BCUT2D eigenvalue weighted by Gasteiger charge is -2.35. The summed E-state index contributed by atoms with van der Waals surface area (Å²) in [6.45, 7) is 3.94. The lowest BCUT2D eigenvalue weighted by atomic mass is 9.79. The van der Waals surface area contributed by atoms with Crippen LogP contribution in [0, 0.1) is 5.92 Å². The number of hydrogen-bond acceptors (Lipinski definition) is 3. The Labute approximate surface area is 216 Å². The molecule has 2 N–H and O–H groups in total. The van der Waals surface area contributed by atoms with Gasteiger partial charge in [-0.3, -0.25) is 4.79 Å². The van der Waals surface area contributed by atoms with Crippen LogP contribution in [0.5, 0.6) is 0 Å². The number of allylic oxidation sites excluding steroid dienone is 3. The number of carbonyl (C=O) groups is 1. The molecule has 0 bridgehead atoms. The van der Waals surface area contributed by atoms with E-state index in [9.17, 15) is 9.90 Å². The van der Waals surface area contributed by atoms with Crippen molar-refractivity contribution in [2.24, 2.45) is 5.92 Å². The van der Waals surface area contributed by atoms with Gasteiger partial charge >= 0.3 is 0 Å². The Kier molecular flexibility index (Phi) is 8.35. The highest BCUT2D eigenvalue weighted by Crippen LogP contribution is 2.37. The van der Waals surface area contributed by atoms with Gasteiger partial charge in [0.2, 0.25) is 5.91 Å². The van der Waals surface area contributed by atoms with Crippen molar-refractivity contribution in [2.75, 3.05) is 19.6 Å². The van der Waals surface area contributed by atoms with Gasteiger partial charge in [0, 0.05) is 13.0 Å². The van der Waals surface area contributed by atoms with Crippen LogP contribution in [0.15, 0.2) is 72.3 Å². The number of nitrogens with one attached hydrogen (secondary N) is 1. The number of nitrogens with zero attached hydrogens (tertiary/aromatic N) is 1. The number of amides is 1. The number of hydrogen-bond donors (Lipinski definition) is 2. The van der Waals surface area contributed by atoms with E-state index >= 15 is 0 Å². The number of benzene rings is 2. The highest BCUT2D eigenvalue weighted by atomic mass is 16.3. The van der Waals surface area contributed by atoms with E-state index in [1.165, 1.54) is 29.5 Å². The van der Waals surface area contributed by atoms with Crippen LogP contribution in [0.2, 0.25) is 0 Å². The van der Waals surface area contributed by atoms with Gasteiger partial charge in [0.25, 0.3) is 0 Å². The number of aryl methyl sites for hydroxylation is 1. The summed E-state index contributed by atoms with van der Waals surface area (Å²) >= 11 is 0. The van der Waals surface area contributed by atoms with Gasteiger partial charge in [-0.2, -0.15) is 0 Å². The predicted molar refractivity (Wildman–Crippen MR) is 146 cm³/mol. The minimum absolute atomic E-state index is 0.0853. The van der Waals surface area contributed by atoms with Crippen LogP contribution in [-0.2, 0) is 17.8 Å². The van der Waals surface area contributed by atoms with Crippen LogP contribution in [0.25, 0.3) is 0 Å². The Bertz CT molecular complexity index is 1080. The van der Waals surface area contributed by atoms with E-state index in [1.54, 1.807) is 0 Å². The summed E-state index contributed by atoms with van der Waals surface area (Å²) in [4.78, 5) is 14.9. The lowest BCUT2D eigenvalue weighted by molar-refractivity contribution is -0.120. The molecule has 2 unspecified atom stereocenters. The first kappa shape index (κ1) is 25.0. The molecule has 1 heterocycles. The Morgan fingerprint density at radius 1 is 1.03 bits per heavy atom. The Morgan fingerprint density at radius 2 is 1.86 bits per heavy atom. The monoisotopic (exact) mass is 484 g/mol. The molecule has 190 valence electrons. The molecular weight excluding hydrogens is 444 g/mol. The maximum atomic E-state index is 12.3. The smallest absolute Gasteiger partial charge is 0.224 e. The third-order valence-corrected chi connectivity index (χ3v) is 8.41. The zero-order valence-electron chi connectivity index (χ0n) is 21.4. The van der Waals surface area contributed by atoms with E-state index < -0.39 is 0 Å². The summed E-state index contributed by atoms with van der Waals surface area (Å²) in [5, 5.41) is 14.2. The summed E-state index contributed by atoms with van der Waals surface area (Å²) in [6.07, 6.45) is 13.9. The molecule has 4 heteroatoms. The fourth-order valence-corrected chi connectivity index (χ4v) is 6.16. The second kappa shape index (κ2) is 12.0. The molecule has 1 aliphatic heterocycles. The van der Waals surface area contributed by atoms with Gasteiger partial charge in [0.15, 0.2) is 0 Å². The van der Waals surface area contributed by atoms with Crippen molar-refractivity contribution < 1.29 is 9.90 Å². The first-order valence-corrected chi connectivity index (χ1v) is 13.8. The average Bonchev–Trinajstić information content (AvgIpc) is 2.93. The number of likely N-dealkylation sites (tertiary alicyclic amines) is 1. The van der Waals surface area contributed by atoms with E-state index in [-0.39, 0.29) is 12.0 Å². The van der Waals surface area contributed by atoms with E-state index in [2.05, 4.69) is 70.9 Å². The number of fused-ring (bicyclic) bond motifs is 1. The second-order valence-corrected chi connectivity index (χ2v) is 10.8. The van der Waals surface area contributed by atoms with Crippen LogP contribution >= 0.6 is 0 Å². The molecule has 2 aromatic carbocycles. The first-order chi connectivity index (χ1) is 17.7. The maximum Gasteiger partial charge on any atom is 0.224 e. The molecular formula is C32H40N2O2. The fraction of sp³-hybridized carbons (Fsp3) is 0.469. The molecule has 36 heavy (non-hydrogen) atoms. The molecule has 2 aromatic rings. The van der Waals surface area contributed by atoms with Crippen molar-refractivity contribution >= 4 is 5.91 Å². The van der Waals surface area contributed by atoms with Crippen LogP contribution < -0.4 is 5.32 Å². The first-order valence-electron chi connectivity index (χ1n) is 13.8. The van der Waals surface area contributed by atoms with E-state index in [4.69, 9.17) is 0 Å². The molecule has 1 saturated heterocycles. The summed E-state index contributed by atoms with van der Waals surface area (Å²) in [7, 11) is 0. The summed E-state index contributed by atoms with van der Waals surface area (Å²) in [6, 6.07) is 17.3. The number of aliphatic hydroxyl groups is 1. The fourth-order valence-electron chi connectivity index (χ4n) is 6.16. The summed E-state index contributed by atoms with van der Waals surface area (Å²) < 4.78 is 0. The van der Waals surface area contributed by atoms with Gasteiger partial charge < -0.3 is 15.3 Å². The Hall–Kier alpha value is -2.69. The van der Waals surface area contributed by atoms with Crippen molar-refractivity contribution in [3.05, 3.63) is 94.6 Å². The van der Waals surface area contributed by atoms with Crippen LogP contribution in [-0.4, -0.2) is 35.5 Å². The van der Waals surface area contributed by atoms with Crippen molar-refractivity contribution in [3.8, 4) is 0 Å². The number of aliphatic hydroxyl groups excluding tert-OH is 1. The molecule has 3 aliphatic rings. The highest BCUT2D eigenvalue weighted by Gasteiger charge is 2.29. The molecule has 1 amide bonds. The van der Waals surface area contributed by atoms with Crippen LogP contribution in [0.1, 0.15) is 79.2 Å². The molecule has 2 atom stereocenters.